The highest BCUT2D eigenvalue weighted by Crippen LogP contribution is 2.48. The molecule has 3 aromatic heterocycles. The van der Waals surface area contributed by atoms with Crippen LogP contribution in [0.5, 0.6) is 0 Å². The van der Waals surface area contributed by atoms with Gasteiger partial charge in [0.15, 0.2) is 0 Å². The van der Waals surface area contributed by atoms with Crippen molar-refractivity contribution in [1.29, 1.82) is 0 Å². The summed E-state index contributed by atoms with van der Waals surface area (Å²) in [5.74, 6) is 0. The number of nitrogens with two attached hydrogens (primary N) is 2. The molecule has 0 amide bonds. The van der Waals surface area contributed by atoms with Crippen molar-refractivity contribution in [3.05, 3.63) is 362 Å². The van der Waals surface area contributed by atoms with E-state index in [0.717, 1.165) is 98.1 Å². The average molecular weight is 1850 g/mol. The van der Waals surface area contributed by atoms with E-state index in [4.69, 9.17) is 64.9 Å². The first-order valence-corrected chi connectivity index (χ1v) is 42.3. The molecule has 0 atom stereocenters. The highest BCUT2D eigenvalue weighted by molar-refractivity contribution is 14.1. The van der Waals surface area contributed by atoms with Crippen LogP contribution in [0.3, 0.4) is 0 Å². The van der Waals surface area contributed by atoms with Crippen LogP contribution >= 0.6 is 73.3 Å². The predicted molar refractivity (Wildman–Crippen MR) is 510 cm³/mol. The number of fused-ring (bicyclic) bond motifs is 12. The van der Waals surface area contributed by atoms with E-state index >= 15 is 0 Å². The molecule has 0 unspecified atom stereocenters. The first-order valence-electron chi connectivity index (χ1n) is 39.3. The van der Waals surface area contributed by atoms with E-state index in [-0.39, 0.29) is 40.3 Å². The molecular weight excluding hydrogens is 1770 g/mol. The number of benzene rings is 14. The molecule has 18 nitrogen and oxygen atoms in total. The summed E-state index contributed by atoms with van der Waals surface area (Å²) >= 11 is 23.7. The largest absolute Gasteiger partial charge is 0.496 e. The Morgan fingerprint density at radius 1 is 0.361 bits per heavy atom. The van der Waals surface area contributed by atoms with Crippen LogP contribution < -0.4 is 22.4 Å². The monoisotopic (exact) mass is 1850 g/mol. The fourth-order valence-corrected chi connectivity index (χ4v) is 17.9. The third-order valence-electron chi connectivity index (χ3n) is 23.5. The van der Waals surface area contributed by atoms with Gasteiger partial charge in [-0.25, -0.2) is 0 Å². The molecule has 608 valence electrons. The molecule has 20 rings (SSSR count). The molecule has 2 aliphatic heterocycles. The Kier molecular flexibility index (Phi) is 23.1. The Bertz CT molecular complexity index is 6760. The summed E-state index contributed by atoms with van der Waals surface area (Å²) < 4.78 is 32.9. The molecule has 0 bridgehead atoms. The first kappa shape index (κ1) is 84.0. The van der Waals surface area contributed by atoms with Crippen LogP contribution in [0.15, 0.2) is 302 Å². The van der Waals surface area contributed by atoms with E-state index < -0.39 is 28.2 Å². The fraction of sp³-hybridized carbons (Fsp3) is 0.134. The Hall–Kier alpha value is -11.7. The summed E-state index contributed by atoms with van der Waals surface area (Å²) in [5, 5.41) is 41.0. The Labute approximate surface area is 741 Å². The predicted octanol–water partition coefficient (Wildman–Crippen LogP) is 25.4. The van der Waals surface area contributed by atoms with Crippen molar-refractivity contribution in [2.24, 2.45) is 0 Å². The Morgan fingerprint density at radius 2 is 0.713 bits per heavy atom. The van der Waals surface area contributed by atoms with Gasteiger partial charge in [0.25, 0.3) is 17.1 Å². The number of para-hydroxylation sites is 6. The van der Waals surface area contributed by atoms with Crippen molar-refractivity contribution >= 4 is 192 Å². The summed E-state index contributed by atoms with van der Waals surface area (Å²) in [5.41, 5.74) is 31.7. The lowest BCUT2D eigenvalue weighted by molar-refractivity contribution is -0.385. The molecule has 0 saturated carbocycles. The van der Waals surface area contributed by atoms with Crippen molar-refractivity contribution in [1.82, 2.24) is 13.7 Å². The Morgan fingerprint density at radius 3 is 1.16 bits per heavy atom. The maximum Gasteiger partial charge on any atom is 0.496 e. The normalized spacial score (nSPS) is 14.4. The first-order chi connectivity index (χ1) is 58.4. The minimum Gasteiger partial charge on any atom is -0.399 e. The van der Waals surface area contributed by atoms with E-state index in [9.17, 15) is 30.3 Å². The summed E-state index contributed by atoms with van der Waals surface area (Å²) in [7, 11) is -0.766. The van der Waals surface area contributed by atoms with Gasteiger partial charge in [-0.3, -0.25) is 30.3 Å². The van der Waals surface area contributed by atoms with Gasteiger partial charge in [0, 0.05) is 99.1 Å². The smallest absolute Gasteiger partial charge is 0.399 e. The van der Waals surface area contributed by atoms with E-state index in [1.807, 2.05) is 109 Å². The van der Waals surface area contributed by atoms with Gasteiger partial charge in [-0.05, 0) is 231 Å². The number of nitro groups is 3. The molecule has 17 aromatic rings. The minimum absolute atomic E-state index is 0.00608. The zero-order valence-corrected chi connectivity index (χ0v) is 73.5. The summed E-state index contributed by atoms with van der Waals surface area (Å²) in [6, 6.07) is 96.3. The summed E-state index contributed by atoms with van der Waals surface area (Å²) in [6.07, 6.45) is 0.964. The van der Waals surface area contributed by atoms with Crippen LogP contribution in [0.1, 0.15) is 66.5 Å². The zero-order valence-electron chi connectivity index (χ0n) is 67.5. The quantitative estimate of drug-likeness (QED) is 0.0428. The lowest BCUT2D eigenvalue weighted by atomic mass is 9.74. The highest BCUT2D eigenvalue weighted by atomic mass is 127. The molecule has 122 heavy (non-hydrogen) atoms. The number of hydrogen-bond acceptors (Lipinski definition) is 12. The lowest BCUT2D eigenvalue weighted by Crippen LogP contribution is -2.41. The van der Waals surface area contributed by atoms with E-state index in [0.29, 0.717) is 47.6 Å². The number of hydrogen-bond donors (Lipinski definition) is 2. The van der Waals surface area contributed by atoms with Crippen molar-refractivity contribution in [3.63, 3.8) is 0 Å². The second-order valence-corrected chi connectivity index (χ2v) is 35.0. The van der Waals surface area contributed by atoms with Crippen LogP contribution in [-0.2, 0) is 25.0 Å². The molecule has 0 spiro atoms. The van der Waals surface area contributed by atoms with Crippen molar-refractivity contribution in [3.8, 4) is 50.4 Å². The lowest BCUT2D eigenvalue weighted by Gasteiger charge is -2.32. The number of halogens is 5. The van der Waals surface area contributed by atoms with E-state index in [1.54, 1.807) is 30.3 Å². The third-order valence-corrected chi connectivity index (χ3v) is 26.4. The van der Waals surface area contributed by atoms with Gasteiger partial charge in [-0.1, -0.05) is 211 Å². The van der Waals surface area contributed by atoms with Crippen molar-refractivity contribution in [2.75, 3.05) is 11.5 Å². The number of aromatic nitrogens is 3. The fourth-order valence-electron chi connectivity index (χ4n) is 16.1. The van der Waals surface area contributed by atoms with Crippen molar-refractivity contribution < 1.29 is 33.4 Å². The molecule has 4 N–H and O–H groups in total. The van der Waals surface area contributed by atoms with Gasteiger partial charge < -0.3 is 43.8 Å². The standard InChI is InChI=1S/C24H25BN2O2.C24H14ClIN2O2.C24H16ClN3O2.C19H21BO2.C6H3BrClNO2/c1-23(2)24(3,4)29-25(28-23)19-14-18-17-12-8-9-13-21(17)27(22(18)15-20(19)26)16-10-6-5-7-11-16;2*25-19-10-6-12-22(28(29)30)24(19)18-13-17-16-9-4-5-11-21(16)27(23(17)14-20(18)26)15-7-2-1-3-8-15;1-18(2)19(3,4)22-20(21-18)17-11-7-10-15-14-9-6-5-8-13(14)12-16(15)17;7-6-4(8)2-1-3-5(6)9(10)11/h5-15H,26H2,1-4H3;1-14H;1-14H,26H2;5-11H,12H2,1-4H3;1-3H. The maximum atomic E-state index is 11.7. The van der Waals surface area contributed by atoms with Gasteiger partial charge in [0.05, 0.1) is 96.5 Å². The molecule has 5 heterocycles. The average Bonchev–Trinajstić information content (AvgIpc) is 1.59. The Balaban J connectivity index is 0.000000116. The molecule has 0 radical (unpaired) electrons. The summed E-state index contributed by atoms with van der Waals surface area (Å²) in [4.78, 5) is 32.3. The minimum atomic E-state index is -0.490. The number of anilines is 2. The summed E-state index contributed by atoms with van der Waals surface area (Å²) in [6.45, 7) is 16.6. The van der Waals surface area contributed by atoms with Gasteiger partial charge in [-0.15, -0.1) is 0 Å². The molecule has 14 aromatic carbocycles. The van der Waals surface area contributed by atoms with Crippen molar-refractivity contribution in [2.45, 2.75) is 84.2 Å². The third kappa shape index (κ3) is 15.7. The highest BCUT2D eigenvalue weighted by Gasteiger charge is 2.54. The van der Waals surface area contributed by atoms with Crippen LogP contribution in [0, 0.1) is 33.9 Å². The van der Waals surface area contributed by atoms with E-state index in [1.165, 1.54) is 57.4 Å². The number of nitro benzene ring substituents is 3. The van der Waals surface area contributed by atoms with Crippen LogP contribution in [-0.4, -0.2) is 65.1 Å². The van der Waals surface area contributed by atoms with Crippen LogP contribution in [0.2, 0.25) is 15.1 Å². The SMILES string of the molecule is CC1(C)OB(c2cc3c4ccccc4n(-c4ccccc4)c3cc2N)OC1(C)C.CC1(C)OB(c2cccc3c2Cc2ccccc2-3)OC1(C)C.Nc1cc2c(cc1-c1c(Cl)cccc1[N+](=O)[O-])c1ccccc1n2-c1ccccc1.O=[N+]([O-])c1cccc(Cl)c1-c1cc2c3ccccc3n(-c3ccccc3)c2cc1I.O=[N+]([O-])c1cccc(Cl)c1Br. The number of rotatable bonds is 10. The molecular formula is C97H79B2BrCl3IN8O10. The van der Waals surface area contributed by atoms with E-state index in [2.05, 4.69) is 241 Å². The van der Waals surface area contributed by atoms with Crippen LogP contribution in [0.25, 0.3) is 116 Å². The molecule has 2 saturated heterocycles. The maximum absolute atomic E-state index is 11.7. The van der Waals surface area contributed by atoms with Gasteiger partial charge in [0.1, 0.15) is 4.47 Å². The topological polar surface area (TPSA) is 233 Å². The zero-order chi connectivity index (χ0) is 86.0. The number of nitrogens with zero attached hydrogens (tertiary/aromatic N) is 6. The molecule has 25 heteroatoms. The van der Waals surface area contributed by atoms with Gasteiger partial charge in [-0.2, -0.15) is 0 Å². The van der Waals surface area contributed by atoms with Crippen LogP contribution in [0.4, 0.5) is 28.4 Å². The second kappa shape index (κ2) is 33.6. The molecule has 2 fully saturated rings. The number of nitrogen functional groups attached to an aromatic ring is 2. The van der Waals surface area contributed by atoms with Gasteiger partial charge in [0.2, 0.25) is 0 Å². The van der Waals surface area contributed by atoms with Gasteiger partial charge >= 0.3 is 14.2 Å². The molecule has 3 aliphatic rings. The second-order valence-electron chi connectivity index (χ2n) is 31.9. The molecule has 1 aliphatic carbocycles.